The van der Waals surface area contributed by atoms with Crippen molar-refractivity contribution in [2.75, 3.05) is 0 Å². The van der Waals surface area contributed by atoms with Crippen LogP contribution in [0.2, 0.25) is 0 Å². The van der Waals surface area contributed by atoms with Gasteiger partial charge in [-0.15, -0.1) is 0 Å². The third-order valence-electron chi connectivity index (χ3n) is 9.34. The molecule has 0 radical (unpaired) electrons. The zero-order valence-electron chi connectivity index (χ0n) is 29.2. The van der Waals surface area contributed by atoms with E-state index in [2.05, 4.69) is 119 Å². The van der Waals surface area contributed by atoms with Crippen molar-refractivity contribution >= 4 is 0 Å². The Hall–Kier alpha value is -7.44. The molecule has 6 heteroatoms. The van der Waals surface area contributed by atoms with E-state index in [0.717, 1.165) is 67.2 Å². The van der Waals surface area contributed by atoms with Gasteiger partial charge in [0.05, 0.1) is 17.1 Å². The number of hydrogen-bond acceptors (Lipinski definition) is 6. The molecule has 4 aromatic heterocycles. The average molecular weight is 693 g/mol. The molecule has 0 atom stereocenters. The molecule has 0 fully saturated rings. The van der Waals surface area contributed by atoms with Crippen LogP contribution in [0.4, 0.5) is 0 Å². The molecule has 0 unspecified atom stereocenters. The number of rotatable bonds is 8. The summed E-state index contributed by atoms with van der Waals surface area (Å²) in [6.45, 7) is 0. The first-order valence-corrected chi connectivity index (χ1v) is 17.8. The molecule has 0 bridgehead atoms. The van der Waals surface area contributed by atoms with Gasteiger partial charge in [0.15, 0.2) is 17.5 Å². The van der Waals surface area contributed by atoms with Crippen LogP contribution in [0, 0.1) is 0 Å². The summed E-state index contributed by atoms with van der Waals surface area (Å²) in [5.41, 5.74) is 13.0. The second-order valence-electron chi connectivity index (χ2n) is 12.8. The van der Waals surface area contributed by atoms with E-state index >= 15 is 0 Å². The van der Waals surface area contributed by atoms with Crippen molar-refractivity contribution < 1.29 is 0 Å². The van der Waals surface area contributed by atoms with Crippen LogP contribution in [0.25, 0.3) is 90.2 Å². The van der Waals surface area contributed by atoms with Crippen LogP contribution in [0.1, 0.15) is 0 Å². The molecule has 0 amide bonds. The molecule has 54 heavy (non-hydrogen) atoms. The highest BCUT2D eigenvalue weighted by molar-refractivity contribution is 5.78. The third-order valence-corrected chi connectivity index (χ3v) is 9.34. The minimum Gasteiger partial charge on any atom is -0.265 e. The summed E-state index contributed by atoms with van der Waals surface area (Å²) in [5, 5.41) is 0. The predicted octanol–water partition coefficient (Wildman–Crippen LogP) is 11.4. The fourth-order valence-electron chi connectivity index (χ4n) is 6.47. The van der Waals surface area contributed by atoms with Gasteiger partial charge in [-0.1, -0.05) is 140 Å². The summed E-state index contributed by atoms with van der Waals surface area (Å²) in [6.07, 6.45) is 5.37. The largest absolute Gasteiger partial charge is 0.265 e. The van der Waals surface area contributed by atoms with Crippen LogP contribution in [-0.2, 0) is 0 Å². The van der Waals surface area contributed by atoms with Gasteiger partial charge in [0, 0.05) is 40.8 Å². The van der Waals surface area contributed by atoms with E-state index in [1.165, 1.54) is 5.56 Å². The Labute approximate surface area is 313 Å². The lowest BCUT2D eigenvalue weighted by atomic mass is 9.98. The van der Waals surface area contributed by atoms with Gasteiger partial charge in [-0.25, -0.2) is 19.9 Å². The minimum absolute atomic E-state index is 0.624. The SMILES string of the molecule is c1ccc(-c2ccc(-c3nc(-c4ccccc4)nc(-c4ccc(-c5ccc(-c6cc(-c7ccncc7)nc(-c7ccccn7)c6)cc5)cc4)n3)cc2)cc1. The quantitative estimate of drug-likeness (QED) is 0.158. The molecule has 0 saturated carbocycles. The lowest BCUT2D eigenvalue weighted by Crippen LogP contribution is -2.00. The van der Waals surface area contributed by atoms with Gasteiger partial charge in [-0.3, -0.25) is 9.97 Å². The predicted molar refractivity (Wildman–Crippen MR) is 217 cm³/mol. The van der Waals surface area contributed by atoms with Crippen LogP contribution >= 0.6 is 0 Å². The highest BCUT2D eigenvalue weighted by Crippen LogP contribution is 2.32. The number of pyridine rings is 3. The number of nitrogens with zero attached hydrogens (tertiary/aromatic N) is 6. The van der Waals surface area contributed by atoms with Crippen LogP contribution in [-0.4, -0.2) is 29.9 Å². The van der Waals surface area contributed by atoms with Gasteiger partial charge in [0.2, 0.25) is 0 Å². The summed E-state index contributed by atoms with van der Waals surface area (Å²) >= 11 is 0. The second kappa shape index (κ2) is 14.7. The molecule has 0 aliphatic rings. The molecule has 4 heterocycles. The highest BCUT2D eigenvalue weighted by atomic mass is 15.0. The van der Waals surface area contributed by atoms with Crippen molar-refractivity contribution in [1.82, 2.24) is 29.9 Å². The number of aromatic nitrogens is 6. The maximum Gasteiger partial charge on any atom is 0.164 e. The summed E-state index contributed by atoms with van der Waals surface area (Å²) in [7, 11) is 0. The van der Waals surface area contributed by atoms with Gasteiger partial charge in [0.25, 0.3) is 0 Å². The van der Waals surface area contributed by atoms with Gasteiger partial charge >= 0.3 is 0 Å². The average Bonchev–Trinajstić information content (AvgIpc) is 3.27. The maximum atomic E-state index is 4.97. The van der Waals surface area contributed by atoms with Gasteiger partial charge in [0.1, 0.15) is 0 Å². The van der Waals surface area contributed by atoms with Gasteiger partial charge in [-0.05, 0) is 69.8 Å². The number of benzene rings is 5. The molecule has 0 spiro atoms. The topological polar surface area (TPSA) is 77.3 Å². The maximum absolute atomic E-state index is 4.97. The van der Waals surface area contributed by atoms with Gasteiger partial charge < -0.3 is 0 Å². The third kappa shape index (κ3) is 6.92. The zero-order valence-corrected chi connectivity index (χ0v) is 29.2. The standard InChI is InChI=1S/C48H32N6/c1-3-9-33(10-4-1)34-18-22-40(23-19-34)47-52-46(39-11-5-2-6-12-39)53-48(54-47)41-24-20-36(21-25-41)35-14-16-37(17-15-35)42-31-44(38-26-29-49-30-27-38)51-45(32-42)43-13-7-8-28-50-43/h1-32H. The van der Waals surface area contributed by atoms with Crippen LogP contribution in [0.3, 0.4) is 0 Å². The lowest BCUT2D eigenvalue weighted by molar-refractivity contribution is 1.07. The molecular formula is C48H32N6. The van der Waals surface area contributed by atoms with E-state index in [-0.39, 0.29) is 0 Å². The molecule has 0 aliphatic carbocycles. The summed E-state index contributed by atoms with van der Waals surface area (Å²) in [6, 6.07) is 59.9. The lowest BCUT2D eigenvalue weighted by Gasteiger charge is -2.11. The molecule has 5 aromatic carbocycles. The van der Waals surface area contributed by atoms with Crippen molar-refractivity contribution in [2.24, 2.45) is 0 Å². The Morgan fingerprint density at radius 2 is 0.648 bits per heavy atom. The molecule has 0 saturated heterocycles. The Kier molecular flexibility index (Phi) is 8.81. The molecular weight excluding hydrogens is 661 g/mol. The minimum atomic E-state index is 0.624. The van der Waals surface area contributed by atoms with E-state index in [0.29, 0.717) is 17.5 Å². The summed E-state index contributed by atoms with van der Waals surface area (Å²) in [5.74, 6) is 1.89. The number of hydrogen-bond donors (Lipinski definition) is 0. The molecule has 0 aliphatic heterocycles. The fourth-order valence-corrected chi connectivity index (χ4v) is 6.47. The van der Waals surface area contributed by atoms with Crippen LogP contribution in [0.15, 0.2) is 195 Å². The molecule has 254 valence electrons. The first kappa shape index (κ1) is 32.5. The molecule has 6 nitrogen and oxygen atoms in total. The van der Waals surface area contributed by atoms with Crippen molar-refractivity contribution in [3.8, 4) is 90.2 Å². The highest BCUT2D eigenvalue weighted by Gasteiger charge is 2.14. The van der Waals surface area contributed by atoms with Crippen LogP contribution in [0.5, 0.6) is 0 Å². The van der Waals surface area contributed by atoms with Gasteiger partial charge in [-0.2, -0.15) is 0 Å². The van der Waals surface area contributed by atoms with Crippen molar-refractivity contribution in [1.29, 1.82) is 0 Å². The molecule has 9 rings (SSSR count). The Bertz CT molecular complexity index is 2590. The normalized spacial score (nSPS) is 11.0. The first-order valence-electron chi connectivity index (χ1n) is 17.8. The zero-order chi connectivity index (χ0) is 36.1. The van der Waals surface area contributed by atoms with E-state index in [1.54, 1.807) is 18.6 Å². The van der Waals surface area contributed by atoms with E-state index in [9.17, 15) is 0 Å². The summed E-state index contributed by atoms with van der Waals surface area (Å²) in [4.78, 5) is 28.5. The monoisotopic (exact) mass is 692 g/mol. The van der Waals surface area contributed by atoms with Crippen molar-refractivity contribution in [3.05, 3.63) is 195 Å². The van der Waals surface area contributed by atoms with Crippen molar-refractivity contribution in [3.63, 3.8) is 0 Å². The van der Waals surface area contributed by atoms with Crippen molar-refractivity contribution in [2.45, 2.75) is 0 Å². The Balaban J connectivity index is 1.02. The molecule has 9 aromatic rings. The smallest absolute Gasteiger partial charge is 0.164 e. The van der Waals surface area contributed by atoms with E-state index < -0.39 is 0 Å². The van der Waals surface area contributed by atoms with E-state index in [4.69, 9.17) is 19.9 Å². The summed E-state index contributed by atoms with van der Waals surface area (Å²) < 4.78 is 0. The fraction of sp³-hybridized carbons (Fsp3) is 0. The second-order valence-corrected chi connectivity index (χ2v) is 12.8. The Morgan fingerprint density at radius 1 is 0.241 bits per heavy atom. The first-order chi connectivity index (χ1) is 26.7. The van der Waals surface area contributed by atoms with Crippen LogP contribution < -0.4 is 0 Å². The van der Waals surface area contributed by atoms with E-state index in [1.807, 2.05) is 66.7 Å². The molecule has 0 N–H and O–H groups in total. The Morgan fingerprint density at radius 3 is 1.15 bits per heavy atom.